The first-order chi connectivity index (χ1) is 15.4. The van der Waals surface area contributed by atoms with Crippen molar-refractivity contribution >= 4 is 28.5 Å². The fraction of sp³-hybridized carbons (Fsp3) is 0.130. The van der Waals surface area contributed by atoms with Crippen molar-refractivity contribution in [2.45, 2.75) is 20.4 Å². The quantitative estimate of drug-likeness (QED) is 0.504. The molecule has 4 aromatic rings. The smallest absolute Gasteiger partial charge is 0.267 e. The summed E-state index contributed by atoms with van der Waals surface area (Å²) in [7, 11) is 0. The highest BCUT2D eigenvalue weighted by Crippen LogP contribution is 2.23. The molecule has 4 rings (SSSR count). The summed E-state index contributed by atoms with van der Waals surface area (Å²) in [5, 5.41) is 16.9. The Bertz CT molecular complexity index is 1400. The number of nitrogens with zero attached hydrogens (tertiary/aromatic N) is 5. The molecule has 0 unspecified atom stereocenters. The van der Waals surface area contributed by atoms with Gasteiger partial charge in [0.15, 0.2) is 5.65 Å². The minimum absolute atomic E-state index is 0.0358. The van der Waals surface area contributed by atoms with E-state index in [4.69, 9.17) is 11.0 Å². The van der Waals surface area contributed by atoms with Gasteiger partial charge in [-0.25, -0.2) is 9.97 Å². The number of benzene rings is 1. The Morgan fingerprint density at radius 2 is 1.94 bits per heavy atom. The van der Waals surface area contributed by atoms with E-state index in [1.807, 2.05) is 19.1 Å². The molecule has 0 saturated heterocycles. The summed E-state index contributed by atoms with van der Waals surface area (Å²) in [4.78, 5) is 33.1. The number of nitriles is 1. The lowest BCUT2D eigenvalue weighted by atomic mass is 10.1. The van der Waals surface area contributed by atoms with Crippen LogP contribution in [0, 0.1) is 25.2 Å². The maximum absolute atomic E-state index is 13.2. The van der Waals surface area contributed by atoms with Gasteiger partial charge in [0.1, 0.15) is 5.69 Å². The predicted molar refractivity (Wildman–Crippen MR) is 118 cm³/mol. The number of hydrogen-bond donors (Lipinski definition) is 2. The van der Waals surface area contributed by atoms with E-state index in [1.54, 1.807) is 35.9 Å². The molecular formula is C23H19N7O2. The molecule has 0 spiro atoms. The van der Waals surface area contributed by atoms with Gasteiger partial charge in [0, 0.05) is 11.6 Å². The molecule has 0 fully saturated rings. The van der Waals surface area contributed by atoms with Crippen LogP contribution >= 0.6 is 0 Å². The fourth-order valence-corrected chi connectivity index (χ4v) is 3.44. The first kappa shape index (κ1) is 20.7. The van der Waals surface area contributed by atoms with E-state index in [1.165, 1.54) is 12.3 Å². The number of carbonyl (C=O) groups excluding carboxylic acids is 2. The van der Waals surface area contributed by atoms with E-state index < -0.39 is 11.8 Å². The number of rotatable bonds is 5. The van der Waals surface area contributed by atoms with E-state index in [0.29, 0.717) is 28.9 Å². The Morgan fingerprint density at radius 1 is 1.19 bits per heavy atom. The molecule has 3 heterocycles. The molecule has 0 bridgehead atoms. The van der Waals surface area contributed by atoms with Gasteiger partial charge in [-0.3, -0.25) is 14.3 Å². The molecule has 0 aliphatic heterocycles. The summed E-state index contributed by atoms with van der Waals surface area (Å²) in [5.41, 5.74) is 9.42. The summed E-state index contributed by atoms with van der Waals surface area (Å²) in [6.45, 7) is 4.15. The van der Waals surface area contributed by atoms with Crippen LogP contribution in [0.5, 0.6) is 0 Å². The van der Waals surface area contributed by atoms with Crippen LogP contribution in [0.1, 0.15) is 43.4 Å². The van der Waals surface area contributed by atoms with Crippen molar-refractivity contribution in [3.63, 3.8) is 0 Å². The fourth-order valence-electron chi connectivity index (χ4n) is 3.44. The molecule has 2 amide bonds. The van der Waals surface area contributed by atoms with Crippen LogP contribution in [0.3, 0.4) is 0 Å². The van der Waals surface area contributed by atoms with Gasteiger partial charge in [-0.1, -0.05) is 12.1 Å². The number of aromatic nitrogens is 4. The Kier molecular flexibility index (Phi) is 5.35. The van der Waals surface area contributed by atoms with Gasteiger partial charge in [0.05, 0.1) is 40.8 Å². The number of aryl methyl sites for hydroxylation is 1. The van der Waals surface area contributed by atoms with Crippen LogP contribution in [0.2, 0.25) is 0 Å². The second-order valence-electron chi connectivity index (χ2n) is 7.26. The average molecular weight is 425 g/mol. The van der Waals surface area contributed by atoms with Crippen molar-refractivity contribution in [3.8, 4) is 6.07 Å². The number of anilines is 1. The molecule has 3 N–H and O–H groups in total. The van der Waals surface area contributed by atoms with Gasteiger partial charge < -0.3 is 11.1 Å². The molecule has 158 valence electrons. The summed E-state index contributed by atoms with van der Waals surface area (Å²) >= 11 is 0. The van der Waals surface area contributed by atoms with Crippen molar-refractivity contribution in [2.75, 3.05) is 5.32 Å². The van der Waals surface area contributed by atoms with E-state index in [0.717, 1.165) is 11.3 Å². The highest BCUT2D eigenvalue weighted by molar-refractivity contribution is 6.13. The number of nitrogens with two attached hydrogens (primary N) is 1. The standard InChI is InChI=1S/C23H19N7O2/c1-13-20(14(2)30(29-13)12-16-7-5-15(11-24)6-8-16)28-23(32)18-10-19(21(25)31)27-22-17(18)4-3-9-26-22/h3-10H,12H2,1-2H3,(H2,25,31)(H,28,32). The zero-order chi connectivity index (χ0) is 22.8. The zero-order valence-electron chi connectivity index (χ0n) is 17.5. The number of nitrogens with one attached hydrogen (secondary N) is 1. The molecule has 9 nitrogen and oxygen atoms in total. The lowest BCUT2D eigenvalue weighted by Gasteiger charge is -2.10. The highest BCUT2D eigenvalue weighted by atomic mass is 16.2. The van der Waals surface area contributed by atoms with Gasteiger partial charge in [0.25, 0.3) is 11.8 Å². The number of fused-ring (bicyclic) bond motifs is 1. The van der Waals surface area contributed by atoms with E-state index in [9.17, 15) is 9.59 Å². The lowest BCUT2D eigenvalue weighted by Crippen LogP contribution is -2.18. The monoisotopic (exact) mass is 425 g/mol. The third kappa shape index (κ3) is 3.89. The van der Waals surface area contributed by atoms with Crippen LogP contribution < -0.4 is 11.1 Å². The lowest BCUT2D eigenvalue weighted by molar-refractivity contribution is 0.0996. The maximum Gasteiger partial charge on any atom is 0.267 e. The van der Waals surface area contributed by atoms with Crippen molar-refractivity contribution in [1.82, 2.24) is 19.7 Å². The Morgan fingerprint density at radius 3 is 2.62 bits per heavy atom. The number of pyridine rings is 2. The van der Waals surface area contributed by atoms with Gasteiger partial charge in [0.2, 0.25) is 0 Å². The zero-order valence-corrected chi connectivity index (χ0v) is 17.5. The molecule has 0 saturated carbocycles. The average Bonchev–Trinajstić information content (AvgIpc) is 3.06. The summed E-state index contributed by atoms with van der Waals surface area (Å²) < 4.78 is 1.79. The van der Waals surface area contributed by atoms with Crippen LogP contribution in [-0.2, 0) is 6.54 Å². The van der Waals surface area contributed by atoms with E-state index in [-0.39, 0.29) is 16.9 Å². The highest BCUT2D eigenvalue weighted by Gasteiger charge is 2.19. The molecule has 0 atom stereocenters. The Hall–Kier alpha value is -4.58. The van der Waals surface area contributed by atoms with Crippen molar-refractivity contribution in [1.29, 1.82) is 5.26 Å². The van der Waals surface area contributed by atoms with Crippen LogP contribution in [-0.4, -0.2) is 31.6 Å². The van der Waals surface area contributed by atoms with E-state index in [2.05, 4.69) is 26.5 Å². The van der Waals surface area contributed by atoms with Gasteiger partial charge in [-0.15, -0.1) is 0 Å². The van der Waals surface area contributed by atoms with Crippen molar-refractivity contribution in [2.24, 2.45) is 5.73 Å². The summed E-state index contributed by atoms with van der Waals surface area (Å²) in [6, 6.07) is 14.1. The third-order valence-corrected chi connectivity index (χ3v) is 5.12. The molecule has 0 aliphatic carbocycles. The normalized spacial score (nSPS) is 10.7. The number of hydrogen-bond acceptors (Lipinski definition) is 6. The van der Waals surface area contributed by atoms with Crippen LogP contribution in [0.25, 0.3) is 11.0 Å². The number of amides is 2. The molecular weight excluding hydrogens is 406 g/mol. The van der Waals surface area contributed by atoms with Gasteiger partial charge in [-0.05, 0) is 49.7 Å². The summed E-state index contributed by atoms with van der Waals surface area (Å²) in [5.74, 6) is -1.16. The Labute approximate surface area is 183 Å². The van der Waals surface area contributed by atoms with Gasteiger partial charge >= 0.3 is 0 Å². The molecule has 0 aliphatic rings. The molecule has 0 radical (unpaired) electrons. The second kappa shape index (κ2) is 8.28. The number of primary amides is 1. The third-order valence-electron chi connectivity index (χ3n) is 5.12. The van der Waals surface area contributed by atoms with Crippen LogP contribution in [0.15, 0.2) is 48.7 Å². The first-order valence-corrected chi connectivity index (χ1v) is 9.77. The van der Waals surface area contributed by atoms with Crippen LogP contribution in [0.4, 0.5) is 5.69 Å². The van der Waals surface area contributed by atoms with Gasteiger partial charge in [-0.2, -0.15) is 10.4 Å². The molecule has 9 heteroatoms. The largest absolute Gasteiger partial charge is 0.364 e. The molecule has 3 aromatic heterocycles. The number of carbonyl (C=O) groups is 2. The maximum atomic E-state index is 13.2. The molecule has 1 aromatic carbocycles. The summed E-state index contributed by atoms with van der Waals surface area (Å²) in [6.07, 6.45) is 1.53. The minimum Gasteiger partial charge on any atom is -0.364 e. The Balaban J connectivity index is 1.66. The predicted octanol–water partition coefficient (Wildman–Crippen LogP) is 2.71. The van der Waals surface area contributed by atoms with E-state index >= 15 is 0 Å². The first-order valence-electron chi connectivity index (χ1n) is 9.77. The van der Waals surface area contributed by atoms with Crippen molar-refractivity contribution < 1.29 is 9.59 Å². The second-order valence-corrected chi connectivity index (χ2v) is 7.26. The minimum atomic E-state index is -0.741. The molecule has 32 heavy (non-hydrogen) atoms. The SMILES string of the molecule is Cc1nn(Cc2ccc(C#N)cc2)c(C)c1NC(=O)c1cc(C(N)=O)nc2ncccc12. The topological polar surface area (TPSA) is 140 Å². The van der Waals surface area contributed by atoms with Crippen molar-refractivity contribution in [3.05, 3.63) is 82.4 Å².